The molecule has 3 heterocycles. The van der Waals surface area contributed by atoms with Gasteiger partial charge in [0.05, 0.1) is 12.1 Å². The first-order valence-electron chi connectivity index (χ1n) is 16.9. The van der Waals surface area contributed by atoms with E-state index in [1.54, 1.807) is 27.8 Å². The molecule has 0 aliphatic carbocycles. The molecular weight excluding hydrogens is 664 g/mol. The first-order chi connectivity index (χ1) is 23.9. The van der Waals surface area contributed by atoms with E-state index < -0.39 is 89.1 Å². The number of hydrogen-bond acceptors (Lipinski definition) is 14. The van der Waals surface area contributed by atoms with Crippen molar-refractivity contribution in [3.63, 3.8) is 0 Å². The quantitative estimate of drug-likeness (QED) is 0.125. The number of Topliss-reactive ketones (excluding diaryl/α,β-unsaturated/α-hetero) is 2. The number of ketones is 2. The summed E-state index contributed by atoms with van der Waals surface area (Å²) in [7, 11) is 3.10. The minimum Gasteiger partial charge on any atom is -0.461 e. The first kappa shape index (κ1) is 41.2. The number of nitroso groups, excluding NO2 is 1. The fourth-order valence-electron chi connectivity index (χ4n) is 7.45. The molecule has 51 heavy (non-hydrogen) atoms. The number of methoxy groups -OCH3 is 1. The predicted octanol–water partition coefficient (Wildman–Crippen LogP) is 3.87. The Kier molecular flexibility index (Phi) is 13.6. The lowest BCUT2D eigenvalue weighted by atomic mass is 9.64. The van der Waals surface area contributed by atoms with Crippen molar-refractivity contribution < 1.29 is 47.7 Å². The molecule has 0 N–H and O–H groups in total. The lowest BCUT2D eigenvalue weighted by Crippen LogP contribution is -2.76. The third-order valence-electron chi connectivity index (χ3n) is 9.86. The number of hydrogen-bond donors (Lipinski definition) is 0. The van der Waals surface area contributed by atoms with Gasteiger partial charge in [-0.25, -0.2) is 14.3 Å². The number of cyclic esters (lactones) is 1. The smallest absolute Gasteiger partial charge is 0.420 e. The topological polar surface area (TPSA) is 182 Å². The maximum Gasteiger partial charge on any atom is 0.420 e. The summed E-state index contributed by atoms with van der Waals surface area (Å²) in [6.07, 6.45) is 8.08. The second kappa shape index (κ2) is 16.8. The minimum atomic E-state index is -2.01. The van der Waals surface area contributed by atoms with Crippen LogP contribution in [0.15, 0.2) is 35.5 Å². The fraction of sp³-hybridized carbons (Fsp3) is 0.667. The summed E-state index contributed by atoms with van der Waals surface area (Å²) in [5, 5.41) is 3.33. The van der Waals surface area contributed by atoms with Gasteiger partial charge in [0.1, 0.15) is 30.2 Å². The Morgan fingerprint density at radius 2 is 1.82 bits per heavy atom. The maximum absolute atomic E-state index is 14.2. The third kappa shape index (κ3) is 8.80. The average Bonchev–Trinajstić information content (AvgIpc) is 3.63. The second-order valence-corrected chi connectivity index (χ2v) is 14.0. The molecule has 15 nitrogen and oxygen atoms in total. The van der Waals surface area contributed by atoms with Crippen LogP contribution in [0.25, 0.3) is 0 Å². The van der Waals surface area contributed by atoms with E-state index in [0.29, 0.717) is 13.0 Å². The number of aromatic nitrogens is 2. The van der Waals surface area contributed by atoms with Crippen molar-refractivity contribution in [1.82, 2.24) is 14.5 Å². The van der Waals surface area contributed by atoms with E-state index in [4.69, 9.17) is 30.1 Å². The lowest BCUT2D eigenvalue weighted by Gasteiger charge is -2.59. The molecule has 1 aromatic rings. The van der Waals surface area contributed by atoms with Gasteiger partial charge in [-0.15, -0.1) is 17.3 Å². The Balaban J connectivity index is 2.31. The third-order valence-corrected chi connectivity index (χ3v) is 9.86. The van der Waals surface area contributed by atoms with Crippen molar-refractivity contribution in [3.8, 4) is 12.3 Å². The molecule has 0 spiro atoms. The van der Waals surface area contributed by atoms with Crippen LogP contribution in [0.5, 0.6) is 0 Å². The van der Waals surface area contributed by atoms with Crippen LogP contribution in [-0.2, 0) is 42.9 Å². The highest BCUT2D eigenvalue weighted by Crippen LogP contribution is 2.51. The van der Waals surface area contributed by atoms with Gasteiger partial charge < -0.3 is 23.7 Å². The molecule has 0 amide bonds. The van der Waals surface area contributed by atoms with Gasteiger partial charge in [-0.05, 0) is 70.8 Å². The molecular formula is C36H50N4O11. The number of esters is 2. The van der Waals surface area contributed by atoms with Crippen molar-refractivity contribution in [1.29, 1.82) is 0 Å². The van der Waals surface area contributed by atoms with Crippen LogP contribution in [0.3, 0.4) is 0 Å². The lowest BCUT2D eigenvalue weighted by molar-refractivity contribution is -0.296. The van der Waals surface area contributed by atoms with Gasteiger partial charge in [-0.3, -0.25) is 24.1 Å². The molecule has 1 saturated heterocycles. The van der Waals surface area contributed by atoms with Crippen LogP contribution < -0.4 is 0 Å². The Morgan fingerprint density at radius 1 is 1.16 bits per heavy atom. The number of rotatable bonds is 8. The number of nitrogens with zero attached hydrogens (tertiary/aromatic N) is 4. The van der Waals surface area contributed by atoms with Crippen LogP contribution >= 0.6 is 0 Å². The Hall–Kier alpha value is -4.26. The summed E-state index contributed by atoms with van der Waals surface area (Å²) in [6.45, 7) is 10.3. The van der Waals surface area contributed by atoms with E-state index in [2.05, 4.69) is 16.1 Å². The average molecular weight is 715 g/mol. The minimum absolute atomic E-state index is 0.154. The zero-order valence-electron chi connectivity index (χ0n) is 30.9. The van der Waals surface area contributed by atoms with Gasteiger partial charge in [0.25, 0.3) is 0 Å². The number of likely N-dealkylation sites (N-methyl/N-ethyl adjacent to an activating group) is 1. The molecule has 280 valence electrons. The molecule has 2 aliphatic rings. The van der Waals surface area contributed by atoms with E-state index in [1.807, 2.05) is 4.90 Å². The normalized spacial score (nSPS) is 35.1. The molecule has 2 aliphatic heterocycles. The van der Waals surface area contributed by atoms with Crippen molar-refractivity contribution in [2.24, 2.45) is 22.9 Å². The highest BCUT2D eigenvalue weighted by molar-refractivity contribution is 6.00. The highest BCUT2D eigenvalue weighted by atomic mass is 16.6. The Bertz CT molecular complexity index is 1540. The number of carbonyl (C=O) groups is 5. The van der Waals surface area contributed by atoms with Gasteiger partial charge in [-0.1, -0.05) is 13.8 Å². The summed E-state index contributed by atoms with van der Waals surface area (Å²) in [5.74, 6) is -3.23. The number of allylic oxidation sites excluding steroid dienone is 1. The Morgan fingerprint density at radius 3 is 2.39 bits per heavy atom. The summed E-state index contributed by atoms with van der Waals surface area (Å²) < 4.78 is 31.0. The number of terminal acetylenes is 1. The zero-order chi connectivity index (χ0) is 38.3. The molecule has 1 fully saturated rings. The number of ether oxygens (including phenoxy) is 5. The van der Waals surface area contributed by atoms with Crippen molar-refractivity contribution >= 4 is 29.6 Å². The molecule has 0 radical (unpaired) electrons. The fourth-order valence-corrected chi connectivity index (χ4v) is 7.45. The second-order valence-electron chi connectivity index (χ2n) is 14.0. The van der Waals surface area contributed by atoms with Crippen LogP contribution in [0.2, 0.25) is 0 Å². The van der Waals surface area contributed by atoms with Crippen LogP contribution in [0.4, 0.5) is 4.79 Å². The van der Waals surface area contributed by atoms with E-state index in [0.717, 1.165) is 4.57 Å². The zero-order valence-corrected chi connectivity index (χ0v) is 30.9. The van der Waals surface area contributed by atoms with Crippen molar-refractivity contribution in [3.05, 3.63) is 35.3 Å². The predicted molar refractivity (Wildman–Crippen MR) is 183 cm³/mol. The van der Waals surface area contributed by atoms with Crippen molar-refractivity contribution in [2.75, 3.05) is 27.3 Å². The van der Waals surface area contributed by atoms with E-state index >= 15 is 0 Å². The van der Waals surface area contributed by atoms with E-state index in [1.165, 1.54) is 59.6 Å². The molecule has 0 bridgehead atoms. The molecule has 3 rings (SSSR count). The van der Waals surface area contributed by atoms with Crippen molar-refractivity contribution in [2.45, 2.75) is 109 Å². The summed E-state index contributed by atoms with van der Waals surface area (Å²) in [4.78, 5) is 86.2. The molecule has 1 aromatic heterocycles. The molecule has 0 saturated carbocycles. The molecule has 0 aromatic carbocycles. The monoisotopic (exact) mass is 714 g/mol. The van der Waals surface area contributed by atoms with E-state index in [9.17, 15) is 28.9 Å². The molecule has 9 atom stereocenters. The first-order valence-corrected chi connectivity index (χ1v) is 16.9. The maximum atomic E-state index is 14.2. The SMILES string of the molecule is C#CCCN(C)C1CC(C)OC(N=O)C1(OC(C)=O)[C@@]1(OC)C[C@@H](C)C(=O)/C(C)=C/[C@](C)(OC(=O)n2ccnc2)COC(=O)C(C)C(=O)[C@H](C)C1. The number of imidazole rings is 1. The van der Waals surface area contributed by atoms with Gasteiger partial charge in [0, 0.05) is 51.2 Å². The highest BCUT2D eigenvalue weighted by Gasteiger charge is 2.69. The number of carbonyl (C=O) groups excluding carboxylic acids is 5. The van der Waals surface area contributed by atoms with Gasteiger partial charge >= 0.3 is 18.0 Å². The summed E-state index contributed by atoms with van der Waals surface area (Å²) in [6, 6.07) is -0.797. The molecule has 5 unspecified atom stereocenters. The van der Waals surface area contributed by atoms with Crippen LogP contribution in [0.1, 0.15) is 74.1 Å². The summed E-state index contributed by atoms with van der Waals surface area (Å²) >= 11 is 0. The Labute approximate surface area is 298 Å². The van der Waals surface area contributed by atoms with Crippen LogP contribution in [-0.4, -0.2) is 107 Å². The summed E-state index contributed by atoms with van der Waals surface area (Å²) in [5.41, 5.74) is -5.30. The van der Waals surface area contributed by atoms with Gasteiger partial charge in [0.2, 0.25) is 11.8 Å². The largest absolute Gasteiger partial charge is 0.461 e. The standard InChI is InChI=1S/C36H50N4O11/c1-11-12-14-39(9)28-16-25(5)49-32(38-46)36(28,50-27(7)41)35(47-10)18-23(3)29(42)22(2)17-34(8,51-33(45)40-15-13-37-21-40)20-48-31(44)26(6)30(43)24(4)19-35/h1,13,15,17,21,23-26,28,32H,12,14,16,18-20H2,2-10H3/b22-17+/t23-,24-,25?,26?,28?,32?,34+,35-,36?/m1/s1. The van der Waals surface area contributed by atoms with Gasteiger partial charge in [0.15, 0.2) is 11.4 Å². The van der Waals surface area contributed by atoms with Crippen LogP contribution in [0, 0.1) is 35.0 Å². The molecule has 15 heteroatoms. The van der Waals surface area contributed by atoms with Gasteiger partial charge in [-0.2, -0.15) is 0 Å². The van der Waals surface area contributed by atoms with E-state index in [-0.39, 0.29) is 24.8 Å².